The molecule has 0 aliphatic carbocycles. The Bertz CT molecular complexity index is 74.6. The molecule has 0 atom stereocenters. The summed E-state index contributed by atoms with van der Waals surface area (Å²) < 4.78 is 0. The topological polar surface area (TPSA) is 80.3 Å². The summed E-state index contributed by atoms with van der Waals surface area (Å²) in [5, 5.41) is 17.3. The minimum absolute atomic E-state index is 0. The Morgan fingerprint density at radius 3 is 1.00 bits per heavy atom. The minimum atomic E-state index is -1.61. The third-order valence-electron chi connectivity index (χ3n) is 0. The molecule has 56 valence electrons. The molecule has 0 bridgehead atoms. The van der Waals surface area contributed by atoms with Crippen LogP contribution in [0.15, 0.2) is 0 Å². The van der Waals surface area contributed by atoms with Crippen molar-refractivity contribution in [3.05, 3.63) is 0 Å². The number of hydrogen-bond acceptors (Lipinski definition) is 4. The molecule has 0 amide bonds. The van der Waals surface area contributed by atoms with Gasteiger partial charge in [0.25, 0.3) is 0 Å². The maximum Gasteiger partial charge on any atom is 2.00 e. The molecule has 9 heavy (non-hydrogen) atoms. The van der Waals surface area contributed by atoms with E-state index in [1.54, 1.807) is 0 Å². The van der Waals surface area contributed by atoms with Crippen LogP contribution in [0.1, 0.15) is 0 Å². The van der Waals surface area contributed by atoms with Gasteiger partial charge in [-0.2, -0.15) is 0 Å². The molecule has 0 aromatic rings. The first-order valence-electron chi connectivity index (χ1n) is 1.19. The van der Waals surface area contributed by atoms with Crippen molar-refractivity contribution in [1.82, 2.24) is 0 Å². The van der Waals surface area contributed by atoms with Crippen LogP contribution in [-0.4, -0.2) is 10.9 Å². The first-order valence-corrected chi connectivity index (χ1v) is 1.95. The van der Waals surface area contributed by atoms with Gasteiger partial charge >= 0.3 is 21.1 Å². The van der Waals surface area contributed by atoms with E-state index in [-0.39, 0.29) is 21.1 Å². The van der Waals surface area contributed by atoms with E-state index in [0.717, 1.165) is 0 Å². The van der Waals surface area contributed by atoms with Crippen LogP contribution in [0.5, 0.6) is 0 Å². The van der Waals surface area contributed by atoms with Crippen LogP contribution in [0.4, 0.5) is 9.59 Å². The molecule has 0 N–H and O–H groups in total. The molecule has 0 aromatic heterocycles. The van der Waals surface area contributed by atoms with Gasteiger partial charge < -0.3 is 19.8 Å². The second-order valence-electron chi connectivity index (χ2n) is 0.475. The second kappa shape index (κ2) is 11.1. The van der Waals surface area contributed by atoms with Crippen LogP contribution in [0, 0.1) is 0 Å². The van der Waals surface area contributed by atoms with Crippen LogP contribution >= 0.6 is 23.2 Å². The van der Waals surface area contributed by atoms with Gasteiger partial charge in [-0.05, 0) is 0 Å². The fourth-order valence-electron chi connectivity index (χ4n) is 0. The van der Waals surface area contributed by atoms with Gasteiger partial charge in [-0.3, -0.25) is 0 Å². The summed E-state index contributed by atoms with van der Waals surface area (Å²) >= 11 is 8.16. The summed E-state index contributed by atoms with van der Waals surface area (Å²) in [6, 6.07) is 0. The van der Waals surface area contributed by atoms with Crippen molar-refractivity contribution in [1.29, 1.82) is 0 Å². The van der Waals surface area contributed by atoms with Gasteiger partial charge in [0.05, 0.1) is 0 Å². The molecule has 0 saturated carbocycles. The average molecular weight is 354 g/mol. The molecule has 0 spiro atoms. The molecule has 0 aliphatic heterocycles. The van der Waals surface area contributed by atoms with Gasteiger partial charge in [0.2, 0.25) is 0 Å². The monoisotopic (exact) mass is 353 g/mol. The fourth-order valence-corrected chi connectivity index (χ4v) is 0. The second-order valence-corrected chi connectivity index (χ2v) is 1.09. The SMILES string of the molecule is O=C([O-])Cl.O=C([O-])Cl.[Pt+2]. The van der Waals surface area contributed by atoms with Crippen LogP contribution < -0.4 is 10.2 Å². The van der Waals surface area contributed by atoms with Gasteiger partial charge in [-0.15, -0.1) is 0 Å². The quantitative estimate of drug-likeness (QED) is 0.530. The molecule has 4 nitrogen and oxygen atoms in total. The largest absolute Gasteiger partial charge is 2.00 e. The van der Waals surface area contributed by atoms with Gasteiger partial charge in [-0.1, -0.05) is 23.2 Å². The standard InChI is InChI=1S/2CHClO2.Pt/c2*2-1(3)4;/h2*(H,3,4);/q;;+2/p-2. The van der Waals surface area contributed by atoms with E-state index in [9.17, 15) is 0 Å². The predicted octanol–water partition coefficient (Wildman–Crippen LogP) is -0.865. The Labute approximate surface area is 75.0 Å². The molecule has 0 aromatic carbocycles. The summed E-state index contributed by atoms with van der Waals surface area (Å²) in [4.78, 5) is 17.3. The van der Waals surface area contributed by atoms with Crippen molar-refractivity contribution in [3.8, 4) is 0 Å². The number of hydrogen-bond donors (Lipinski definition) is 0. The van der Waals surface area contributed by atoms with Crippen molar-refractivity contribution in [2.24, 2.45) is 0 Å². The van der Waals surface area contributed by atoms with Crippen molar-refractivity contribution in [2.45, 2.75) is 0 Å². The maximum atomic E-state index is 8.65. The number of rotatable bonds is 0. The van der Waals surface area contributed by atoms with E-state index in [1.807, 2.05) is 0 Å². The smallest absolute Gasteiger partial charge is 0.534 e. The summed E-state index contributed by atoms with van der Waals surface area (Å²) in [6.07, 6.45) is 0. The van der Waals surface area contributed by atoms with E-state index >= 15 is 0 Å². The molecule has 7 heteroatoms. The average Bonchev–Trinajstić information content (AvgIpc) is 1.25. The number of halogens is 2. The molecule has 0 heterocycles. The third kappa shape index (κ3) is 7290. The third-order valence-corrected chi connectivity index (χ3v) is 0. The van der Waals surface area contributed by atoms with E-state index in [1.165, 1.54) is 0 Å². The maximum absolute atomic E-state index is 8.65. The van der Waals surface area contributed by atoms with Crippen molar-refractivity contribution >= 4 is 34.1 Å². The molecular formula is C2Cl2O4Pt. The van der Waals surface area contributed by atoms with Gasteiger partial charge in [0.1, 0.15) is 10.9 Å². The van der Waals surface area contributed by atoms with Crippen LogP contribution in [0.2, 0.25) is 0 Å². The number of carbonyl (C=O) groups is 2. The zero-order valence-corrected chi connectivity index (χ0v) is 7.49. The summed E-state index contributed by atoms with van der Waals surface area (Å²) in [7, 11) is 0. The summed E-state index contributed by atoms with van der Waals surface area (Å²) in [5.74, 6) is 0. The van der Waals surface area contributed by atoms with Gasteiger partial charge in [0, 0.05) is 0 Å². The van der Waals surface area contributed by atoms with Crippen molar-refractivity contribution in [3.63, 3.8) is 0 Å². The van der Waals surface area contributed by atoms with Gasteiger partial charge in [-0.25, -0.2) is 0 Å². The summed E-state index contributed by atoms with van der Waals surface area (Å²) in [6.45, 7) is 0. The van der Waals surface area contributed by atoms with E-state index in [2.05, 4.69) is 23.2 Å². The Morgan fingerprint density at radius 1 is 1.00 bits per heavy atom. The van der Waals surface area contributed by atoms with Crippen LogP contribution in [0.25, 0.3) is 0 Å². The summed E-state index contributed by atoms with van der Waals surface area (Å²) in [5.41, 5.74) is -3.22. The molecule has 0 rings (SSSR count). The molecule has 0 aliphatic rings. The molecule has 0 saturated heterocycles. The van der Waals surface area contributed by atoms with Gasteiger partial charge in [0.15, 0.2) is 0 Å². The first-order chi connectivity index (χ1) is 3.46. The van der Waals surface area contributed by atoms with Crippen molar-refractivity contribution < 1.29 is 40.9 Å². The zero-order valence-electron chi connectivity index (χ0n) is 3.71. The molecular weight excluding hydrogens is 354 g/mol. The molecule has 0 unspecified atom stereocenters. The Hall–Kier alpha value is 0.208. The van der Waals surface area contributed by atoms with E-state index in [4.69, 9.17) is 19.8 Å². The minimum Gasteiger partial charge on any atom is -0.534 e. The van der Waals surface area contributed by atoms with E-state index in [0.29, 0.717) is 0 Å². The molecule has 0 radical (unpaired) electrons. The van der Waals surface area contributed by atoms with Crippen molar-refractivity contribution in [2.75, 3.05) is 0 Å². The van der Waals surface area contributed by atoms with E-state index < -0.39 is 10.9 Å². The molecule has 0 fully saturated rings. The zero-order chi connectivity index (χ0) is 7.15. The Morgan fingerprint density at radius 2 is 1.00 bits per heavy atom. The predicted molar refractivity (Wildman–Crippen MR) is 22.5 cm³/mol. The normalized spacial score (nSPS) is 5.56. The number of carboxylic acid groups (broad SMARTS) is 2. The first kappa shape index (κ1) is 16.1. The fraction of sp³-hybridized carbons (Fsp3) is 0. The Kier molecular flexibility index (Phi) is 19.8. The Balaban J connectivity index is -0.0000000720. The number of carbonyl (C=O) groups excluding carboxylic acids is 2. The van der Waals surface area contributed by atoms with Crippen LogP contribution in [0.3, 0.4) is 0 Å². The van der Waals surface area contributed by atoms with Crippen LogP contribution in [-0.2, 0) is 21.1 Å².